The van der Waals surface area contributed by atoms with E-state index in [0.717, 1.165) is 0 Å². The number of benzene rings is 1. The monoisotopic (exact) mass is 304 g/mol. The van der Waals surface area contributed by atoms with Gasteiger partial charge in [-0.15, -0.1) is 0 Å². The Labute approximate surface area is 118 Å². The second kappa shape index (κ2) is 5.28. The topological polar surface area (TPSA) is 72.6 Å². The Bertz CT molecular complexity index is 576. The van der Waals surface area contributed by atoms with Crippen LogP contribution < -0.4 is 5.73 Å². The number of halogens is 1. The molecular weight excluding hydrogens is 288 g/mol. The average Bonchev–Trinajstić information content (AvgIpc) is 2.31. The molecule has 1 heterocycles. The number of nitrogens with zero attached hydrogens (tertiary/aromatic N) is 1. The van der Waals surface area contributed by atoms with Gasteiger partial charge in [-0.05, 0) is 32.0 Å². The summed E-state index contributed by atoms with van der Waals surface area (Å²) in [7, 11) is -3.63. The van der Waals surface area contributed by atoms with Gasteiger partial charge in [0.1, 0.15) is 4.90 Å². The molecule has 1 fully saturated rings. The molecule has 7 heteroatoms. The first-order valence-corrected chi connectivity index (χ1v) is 7.82. The number of anilines is 1. The number of rotatable bonds is 2. The summed E-state index contributed by atoms with van der Waals surface area (Å²) < 4.78 is 32.1. The lowest BCUT2D eigenvalue weighted by molar-refractivity contribution is -0.0170. The molecule has 0 radical (unpaired) electrons. The van der Waals surface area contributed by atoms with Crippen molar-refractivity contribution >= 4 is 27.3 Å². The van der Waals surface area contributed by atoms with E-state index in [1.165, 1.54) is 22.5 Å². The van der Waals surface area contributed by atoms with Crippen LogP contribution in [0.2, 0.25) is 5.02 Å². The predicted octanol–water partition coefficient (Wildman–Crippen LogP) is 1.72. The highest BCUT2D eigenvalue weighted by molar-refractivity contribution is 7.89. The molecule has 0 amide bonds. The highest BCUT2D eigenvalue weighted by Crippen LogP contribution is 2.29. The van der Waals surface area contributed by atoms with Crippen LogP contribution in [0, 0.1) is 0 Å². The van der Waals surface area contributed by atoms with E-state index in [-0.39, 0.29) is 22.1 Å². The zero-order valence-electron chi connectivity index (χ0n) is 10.8. The number of sulfonamides is 1. The number of hydrogen-bond donors (Lipinski definition) is 1. The van der Waals surface area contributed by atoms with Crippen molar-refractivity contribution in [2.45, 2.75) is 30.9 Å². The summed E-state index contributed by atoms with van der Waals surface area (Å²) in [6.07, 6.45) is -0.126. The van der Waals surface area contributed by atoms with Gasteiger partial charge >= 0.3 is 0 Å². The number of nitrogen functional groups attached to an aromatic ring is 1. The van der Waals surface area contributed by atoms with Gasteiger partial charge in [-0.1, -0.05) is 11.6 Å². The third-order valence-electron chi connectivity index (χ3n) is 3.09. The molecule has 106 valence electrons. The first-order chi connectivity index (χ1) is 8.82. The Hall–Kier alpha value is -0.820. The van der Waals surface area contributed by atoms with Crippen LogP contribution in [0.3, 0.4) is 0 Å². The SMILES string of the molecule is CC1CN(S(=O)(=O)c2ccc(N)cc2Cl)C(C)CO1. The minimum Gasteiger partial charge on any atom is -0.399 e. The van der Waals surface area contributed by atoms with Crippen LogP contribution in [-0.4, -0.2) is 38.0 Å². The van der Waals surface area contributed by atoms with E-state index in [2.05, 4.69) is 0 Å². The number of hydrogen-bond acceptors (Lipinski definition) is 4. The van der Waals surface area contributed by atoms with Gasteiger partial charge in [-0.25, -0.2) is 8.42 Å². The smallest absolute Gasteiger partial charge is 0.244 e. The van der Waals surface area contributed by atoms with Gasteiger partial charge in [0, 0.05) is 18.3 Å². The highest BCUT2D eigenvalue weighted by atomic mass is 35.5. The fourth-order valence-electron chi connectivity index (χ4n) is 2.06. The van der Waals surface area contributed by atoms with Crippen LogP contribution in [0.5, 0.6) is 0 Å². The molecular formula is C12H17ClN2O3S. The molecule has 1 saturated heterocycles. The molecule has 2 atom stereocenters. The van der Waals surface area contributed by atoms with Crippen molar-refractivity contribution in [1.29, 1.82) is 0 Å². The molecule has 1 aliphatic rings. The van der Waals surface area contributed by atoms with Gasteiger partial charge in [-0.2, -0.15) is 4.31 Å². The van der Waals surface area contributed by atoms with Gasteiger partial charge in [0.05, 0.1) is 17.7 Å². The van der Waals surface area contributed by atoms with Gasteiger partial charge in [0.2, 0.25) is 10.0 Å². The molecule has 1 aromatic carbocycles. The average molecular weight is 305 g/mol. The Balaban J connectivity index is 2.41. The van der Waals surface area contributed by atoms with Gasteiger partial charge in [0.25, 0.3) is 0 Å². The lowest BCUT2D eigenvalue weighted by Gasteiger charge is -2.35. The summed E-state index contributed by atoms with van der Waals surface area (Å²) in [6.45, 7) is 4.37. The van der Waals surface area contributed by atoms with Crippen molar-refractivity contribution in [2.24, 2.45) is 0 Å². The first kappa shape index (κ1) is 14.6. The molecule has 5 nitrogen and oxygen atoms in total. The zero-order chi connectivity index (χ0) is 14.2. The number of ether oxygens (including phenoxy) is 1. The predicted molar refractivity (Wildman–Crippen MR) is 74.6 cm³/mol. The Morgan fingerprint density at radius 3 is 2.74 bits per heavy atom. The highest BCUT2D eigenvalue weighted by Gasteiger charge is 2.35. The van der Waals surface area contributed by atoms with Crippen molar-refractivity contribution in [1.82, 2.24) is 4.31 Å². The van der Waals surface area contributed by atoms with Crippen molar-refractivity contribution in [3.05, 3.63) is 23.2 Å². The summed E-state index contributed by atoms with van der Waals surface area (Å²) in [5.74, 6) is 0. The van der Waals surface area contributed by atoms with Crippen LogP contribution in [0.1, 0.15) is 13.8 Å². The minimum absolute atomic E-state index is 0.0873. The summed E-state index contributed by atoms with van der Waals surface area (Å²) in [4.78, 5) is 0.0873. The van der Waals surface area contributed by atoms with Crippen molar-refractivity contribution in [3.8, 4) is 0 Å². The van der Waals surface area contributed by atoms with Crippen LogP contribution >= 0.6 is 11.6 Å². The fraction of sp³-hybridized carbons (Fsp3) is 0.500. The molecule has 1 aromatic rings. The molecule has 2 unspecified atom stereocenters. The quantitative estimate of drug-likeness (QED) is 0.844. The van der Waals surface area contributed by atoms with Crippen LogP contribution in [0.15, 0.2) is 23.1 Å². The van der Waals surface area contributed by atoms with Gasteiger partial charge in [0.15, 0.2) is 0 Å². The second-order valence-corrected chi connectivity index (χ2v) is 7.02. The summed E-state index contributed by atoms with van der Waals surface area (Å²) in [5, 5.41) is 0.145. The number of morpholine rings is 1. The van der Waals surface area contributed by atoms with Crippen molar-refractivity contribution < 1.29 is 13.2 Å². The molecule has 19 heavy (non-hydrogen) atoms. The lowest BCUT2D eigenvalue weighted by Crippen LogP contribution is -2.50. The molecule has 1 aliphatic heterocycles. The molecule has 0 aromatic heterocycles. The molecule has 2 rings (SSSR count). The molecule has 0 spiro atoms. The molecule has 0 bridgehead atoms. The summed E-state index contributed by atoms with van der Waals surface area (Å²) in [5.41, 5.74) is 6.02. The normalized spacial score (nSPS) is 25.4. The Kier molecular flexibility index (Phi) is 4.06. The van der Waals surface area contributed by atoms with E-state index in [0.29, 0.717) is 18.8 Å². The molecule has 0 aliphatic carbocycles. The van der Waals surface area contributed by atoms with E-state index >= 15 is 0 Å². The third kappa shape index (κ3) is 2.86. The van der Waals surface area contributed by atoms with Gasteiger partial charge < -0.3 is 10.5 Å². The summed E-state index contributed by atoms with van der Waals surface area (Å²) in [6, 6.07) is 4.21. The first-order valence-electron chi connectivity index (χ1n) is 6.01. The maximum absolute atomic E-state index is 12.6. The standard InChI is InChI=1S/C12H17ClN2O3S/c1-8-7-18-9(2)6-15(8)19(16,17)12-4-3-10(14)5-11(12)13/h3-5,8-9H,6-7,14H2,1-2H3. The van der Waals surface area contributed by atoms with E-state index in [4.69, 9.17) is 22.1 Å². The Morgan fingerprint density at radius 2 is 2.11 bits per heavy atom. The molecule has 0 saturated carbocycles. The Morgan fingerprint density at radius 1 is 1.42 bits per heavy atom. The zero-order valence-corrected chi connectivity index (χ0v) is 12.4. The largest absolute Gasteiger partial charge is 0.399 e. The lowest BCUT2D eigenvalue weighted by atomic mass is 10.2. The summed E-state index contributed by atoms with van der Waals surface area (Å²) >= 11 is 6.00. The van der Waals surface area contributed by atoms with Gasteiger partial charge in [-0.3, -0.25) is 0 Å². The van der Waals surface area contributed by atoms with E-state index in [1.807, 2.05) is 13.8 Å². The van der Waals surface area contributed by atoms with Crippen molar-refractivity contribution in [3.63, 3.8) is 0 Å². The van der Waals surface area contributed by atoms with E-state index in [9.17, 15) is 8.42 Å². The second-order valence-electron chi connectivity index (χ2n) is 4.76. The maximum Gasteiger partial charge on any atom is 0.244 e. The van der Waals surface area contributed by atoms with Crippen LogP contribution in [0.25, 0.3) is 0 Å². The van der Waals surface area contributed by atoms with E-state index in [1.54, 1.807) is 0 Å². The number of nitrogens with two attached hydrogens (primary N) is 1. The fourth-order valence-corrected chi connectivity index (χ4v) is 4.28. The van der Waals surface area contributed by atoms with Crippen LogP contribution in [-0.2, 0) is 14.8 Å². The molecule has 2 N–H and O–H groups in total. The van der Waals surface area contributed by atoms with Crippen molar-refractivity contribution in [2.75, 3.05) is 18.9 Å². The minimum atomic E-state index is -3.63. The van der Waals surface area contributed by atoms with Crippen LogP contribution in [0.4, 0.5) is 5.69 Å². The van der Waals surface area contributed by atoms with E-state index < -0.39 is 10.0 Å². The third-order valence-corrected chi connectivity index (χ3v) is 5.56. The maximum atomic E-state index is 12.6.